The predicted molar refractivity (Wildman–Crippen MR) is 84.8 cm³/mol. The maximum atomic E-state index is 12.5. The van der Waals surface area contributed by atoms with Crippen LogP contribution < -0.4 is 0 Å². The van der Waals surface area contributed by atoms with Crippen molar-refractivity contribution in [3.63, 3.8) is 0 Å². The Labute approximate surface area is 133 Å². The zero-order valence-corrected chi connectivity index (χ0v) is 13.7. The molecule has 0 aromatic carbocycles. The van der Waals surface area contributed by atoms with Crippen LogP contribution in [0.4, 0.5) is 0 Å². The first-order chi connectivity index (χ1) is 10.8. The van der Waals surface area contributed by atoms with Gasteiger partial charge in [-0.2, -0.15) is 0 Å². The summed E-state index contributed by atoms with van der Waals surface area (Å²) in [6.45, 7) is 7.27. The predicted octanol–water partition coefficient (Wildman–Crippen LogP) is 1.52. The smallest absolute Gasteiger partial charge is 0.226 e. The van der Waals surface area contributed by atoms with Crippen LogP contribution in [0.5, 0.6) is 0 Å². The normalized spacial score (nSPS) is 30.1. The van der Waals surface area contributed by atoms with Gasteiger partial charge in [0.15, 0.2) is 0 Å². The Kier molecular flexibility index (Phi) is 6.10. The molecule has 126 valence electrons. The van der Waals surface area contributed by atoms with Gasteiger partial charge in [-0.3, -0.25) is 4.79 Å². The van der Waals surface area contributed by atoms with Crippen molar-refractivity contribution < 1.29 is 14.3 Å². The van der Waals surface area contributed by atoms with Gasteiger partial charge < -0.3 is 19.3 Å². The van der Waals surface area contributed by atoms with E-state index in [0.29, 0.717) is 12.0 Å². The van der Waals surface area contributed by atoms with Gasteiger partial charge in [-0.1, -0.05) is 0 Å². The van der Waals surface area contributed by atoms with Crippen molar-refractivity contribution in [2.24, 2.45) is 5.92 Å². The quantitative estimate of drug-likeness (QED) is 0.698. The first-order valence-electron chi connectivity index (χ1n) is 9.03. The number of hydrogen-bond acceptors (Lipinski definition) is 4. The van der Waals surface area contributed by atoms with Crippen molar-refractivity contribution in [3.05, 3.63) is 0 Å². The van der Waals surface area contributed by atoms with E-state index in [2.05, 4.69) is 9.80 Å². The molecule has 3 saturated heterocycles. The monoisotopic (exact) mass is 310 g/mol. The molecule has 3 aliphatic heterocycles. The van der Waals surface area contributed by atoms with E-state index in [0.717, 1.165) is 71.8 Å². The van der Waals surface area contributed by atoms with Crippen molar-refractivity contribution >= 4 is 5.91 Å². The van der Waals surface area contributed by atoms with E-state index in [4.69, 9.17) is 9.47 Å². The SMILES string of the molecule is O=C([C@@H]1CCCN(CCOC[C@H]2CCCO2)C1)N1CCCC1. The molecule has 3 rings (SSSR count). The third-order valence-corrected chi connectivity index (χ3v) is 5.15. The molecular weight excluding hydrogens is 280 g/mol. The highest BCUT2D eigenvalue weighted by Crippen LogP contribution is 2.21. The lowest BCUT2D eigenvalue weighted by molar-refractivity contribution is -0.136. The molecule has 0 N–H and O–H groups in total. The summed E-state index contributed by atoms with van der Waals surface area (Å²) in [5.41, 5.74) is 0. The van der Waals surface area contributed by atoms with Gasteiger partial charge in [0.1, 0.15) is 0 Å². The highest BCUT2D eigenvalue weighted by Gasteiger charge is 2.30. The summed E-state index contributed by atoms with van der Waals surface area (Å²) in [6.07, 6.45) is 7.17. The largest absolute Gasteiger partial charge is 0.377 e. The topological polar surface area (TPSA) is 42.0 Å². The lowest BCUT2D eigenvalue weighted by Crippen LogP contribution is -2.45. The van der Waals surface area contributed by atoms with Crippen molar-refractivity contribution in [3.8, 4) is 0 Å². The Morgan fingerprint density at radius 1 is 1.09 bits per heavy atom. The van der Waals surface area contributed by atoms with Gasteiger partial charge in [-0.25, -0.2) is 0 Å². The Morgan fingerprint density at radius 2 is 1.95 bits per heavy atom. The van der Waals surface area contributed by atoms with Crippen LogP contribution in [-0.2, 0) is 14.3 Å². The second-order valence-corrected chi connectivity index (χ2v) is 6.88. The number of carbonyl (C=O) groups excluding carboxylic acids is 1. The number of carbonyl (C=O) groups is 1. The van der Waals surface area contributed by atoms with Crippen LogP contribution in [0.1, 0.15) is 38.5 Å². The number of nitrogens with zero attached hydrogens (tertiary/aromatic N) is 2. The third-order valence-electron chi connectivity index (χ3n) is 5.15. The lowest BCUT2D eigenvalue weighted by atomic mass is 9.96. The Bertz CT molecular complexity index is 352. The fourth-order valence-electron chi connectivity index (χ4n) is 3.84. The fourth-order valence-corrected chi connectivity index (χ4v) is 3.84. The molecule has 1 amide bonds. The molecule has 3 fully saturated rings. The minimum atomic E-state index is 0.213. The zero-order chi connectivity index (χ0) is 15.2. The molecule has 0 spiro atoms. The van der Waals surface area contributed by atoms with Crippen LogP contribution in [0.3, 0.4) is 0 Å². The summed E-state index contributed by atoms with van der Waals surface area (Å²) in [4.78, 5) is 17.0. The molecule has 0 saturated carbocycles. The van der Waals surface area contributed by atoms with E-state index in [-0.39, 0.29) is 5.92 Å². The number of piperidine rings is 1. The summed E-state index contributed by atoms with van der Waals surface area (Å²) in [5, 5.41) is 0. The number of ether oxygens (including phenoxy) is 2. The fraction of sp³-hybridized carbons (Fsp3) is 0.941. The molecule has 5 nitrogen and oxygen atoms in total. The zero-order valence-electron chi connectivity index (χ0n) is 13.7. The average Bonchev–Trinajstić information content (AvgIpc) is 3.24. The van der Waals surface area contributed by atoms with Crippen molar-refractivity contribution in [2.45, 2.75) is 44.6 Å². The summed E-state index contributed by atoms with van der Waals surface area (Å²) in [7, 11) is 0. The van der Waals surface area contributed by atoms with Gasteiger partial charge in [0.2, 0.25) is 5.91 Å². The van der Waals surface area contributed by atoms with Gasteiger partial charge >= 0.3 is 0 Å². The van der Waals surface area contributed by atoms with Crippen LogP contribution in [0.25, 0.3) is 0 Å². The van der Waals surface area contributed by atoms with Gasteiger partial charge in [0.25, 0.3) is 0 Å². The molecule has 0 aliphatic carbocycles. The molecule has 0 bridgehead atoms. The van der Waals surface area contributed by atoms with Crippen molar-refractivity contribution in [2.75, 3.05) is 52.5 Å². The van der Waals surface area contributed by atoms with Gasteiger partial charge in [-0.15, -0.1) is 0 Å². The lowest BCUT2D eigenvalue weighted by Gasteiger charge is -2.33. The number of hydrogen-bond donors (Lipinski definition) is 0. The molecule has 3 aliphatic rings. The second kappa shape index (κ2) is 8.27. The highest BCUT2D eigenvalue weighted by molar-refractivity contribution is 5.79. The van der Waals surface area contributed by atoms with Crippen LogP contribution in [0, 0.1) is 5.92 Å². The van der Waals surface area contributed by atoms with Crippen LogP contribution in [-0.4, -0.2) is 74.4 Å². The van der Waals surface area contributed by atoms with Gasteiger partial charge in [0, 0.05) is 32.8 Å². The first kappa shape index (κ1) is 16.2. The Balaban J connectivity index is 1.34. The maximum absolute atomic E-state index is 12.5. The molecule has 0 radical (unpaired) electrons. The molecule has 22 heavy (non-hydrogen) atoms. The van der Waals surface area contributed by atoms with E-state index in [1.165, 1.54) is 19.3 Å². The number of likely N-dealkylation sites (tertiary alicyclic amines) is 2. The van der Waals surface area contributed by atoms with Crippen LogP contribution in [0.2, 0.25) is 0 Å². The van der Waals surface area contributed by atoms with E-state index >= 15 is 0 Å². The van der Waals surface area contributed by atoms with E-state index in [1.54, 1.807) is 0 Å². The molecular formula is C17H30N2O3. The Morgan fingerprint density at radius 3 is 2.73 bits per heavy atom. The summed E-state index contributed by atoms with van der Waals surface area (Å²) in [6, 6.07) is 0. The first-order valence-corrected chi connectivity index (χ1v) is 9.03. The minimum Gasteiger partial charge on any atom is -0.377 e. The molecule has 0 aromatic rings. The molecule has 2 atom stereocenters. The van der Waals surface area contributed by atoms with E-state index in [9.17, 15) is 4.79 Å². The third kappa shape index (κ3) is 4.43. The maximum Gasteiger partial charge on any atom is 0.226 e. The average molecular weight is 310 g/mol. The molecule has 5 heteroatoms. The molecule has 0 aromatic heterocycles. The van der Waals surface area contributed by atoms with Crippen molar-refractivity contribution in [1.82, 2.24) is 9.80 Å². The Hall–Kier alpha value is -0.650. The summed E-state index contributed by atoms with van der Waals surface area (Å²) in [5.74, 6) is 0.604. The molecule has 0 unspecified atom stereocenters. The van der Waals surface area contributed by atoms with Crippen LogP contribution in [0.15, 0.2) is 0 Å². The van der Waals surface area contributed by atoms with Crippen LogP contribution >= 0.6 is 0 Å². The summed E-state index contributed by atoms with van der Waals surface area (Å²) < 4.78 is 11.3. The van der Waals surface area contributed by atoms with E-state index in [1.807, 2.05) is 0 Å². The van der Waals surface area contributed by atoms with E-state index < -0.39 is 0 Å². The second-order valence-electron chi connectivity index (χ2n) is 6.88. The summed E-state index contributed by atoms with van der Waals surface area (Å²) >= 11 is 0. The minimum absolute atomic E-state index is 0.213. The van der Waals surface area contributed by atoms with Gasteiger partial charge in [0.05, 0.1) is 25.2 Å². The van der Waals surface area contributed by atoms with Gasteiger partial charge in [-0.05, 0) is 45.1 Å². The molecule has 3 heterocycles. The highest BCUT2D eigenvalue weighted by atomic mass is 16.5. The number of rotatable bonds is 6. The van der Waals surface area contributed by atoms with Crippen molar-refractivity contribution in [1.29, 1.82) is 0 Å². The standard InChI is InChI=1S/C17H30N2O3/c20-17(19-8-1-2-9-19)15-5-3-7-18(13-15)10-12-21-14-16-6-4-11-22-16/h15-16H,1-14H2/t15-,16-/m1/s1. The number of amides is 1.